The van der Waals surface area contributed by atoms with Crippen molar-refractivity contribution in [2.75, 3.05) is 0 Å². The zero-order valence-corrected chi connectivity index (χ0v) is 9.41. The summed E-state index contributed by atoms with van der Waals surface area (Å²) in [6.45, 7) is 1.77. The lowest BCUT2D eigenvalue weighted by Gasteiger charge is -2.03. The fourth-order valence-corrected chi connectivity index (χ4v) is 1.36. The Hall–Kier alpha value is -2.31. The highest BCUT2D eigenvalue weighted by Gasteiger charge is 2.16. The number of rotatable bonds is 3. The Labute approximate surface area is 101 Å². The van der Waals surface area contributed by atoms with Gasteiger partial charge in [0.05, 0.1) is 17.8 Å². The Morgan fingerprint density at radius 2 is 2.28 bits per heavy atom. The molecule has 0 bridgehead atoms. The normalized spacial score (nSPS) is 10.4. The summed E-state index contributed by atoms with van der Waals surface area (Å²) in [7, 11) is 0. The van der Waals surface area contributed by atoms with Gasteiger partial charge in [0.1, 0.15) is 0 Å². The molecular formula is C11H9F2N3O2. The van der Waals surface area contributed by atoms with E-state index in [-0.39, 0.29) is 6.54 Å². The van der Waals surface area contributed by atoms with Crippen LogP contribution in [0, 0.1) is 18.7 Å². The Morgan fingerprint density at radius 1 is 1.50 bits per heavy atom. The molecule has 0 aliphatic rings. The molecule has 0 unspecified atom stereocenters. The molecule has 1 amide bonds. The van der Waals surface area contributed by atoms with Crippen LogP contribution in [0.5, 0.6) is 0 Å². The van der Waals surface area contributed by atoms with E-state index in [1.165, 1.54) is 0 Å². The van der Waals surface area contributed by atoms with Gasteiger partial charge < -0.3 is 9.84 Å². The lowest BCUT2D eigenvalue weighted by Crippen LogP contribution is -2.24. The van der Waals surface area contributed by atoms with Gasteiger partial charge >= 0.3 is 0 Å². The minimum atomic E-state index is -1.31. The third-order valence-corrected chi connectivity index (χ3v) is 2.19. The topological polar surface area (TPSA) is 68.0 Å². The van der Waals surface area contributed by atoms with Gasteiger partial charge in [-0.2, -0.15) is 4.39 Å². The SMILES string of the molecule is Cc1cc(CNC(=O)c2ccnc(F)c2F)on1. The van der Waals surface area contributed by atoms with Crippen molar-refractivity contribution in [1.29, 1.82) is 0 Å². The van der Waals surface area contributed by atoms with E-state index in [1.807, 2.05) is 0 Å². The van der Waals surface area contributed by atoms with Gasteiger partial charge in [-0.15, -0.1) is 0 Å². The smallest absolute Gasteiger partial charge is 0.254 e. The summed E-state index contributed by atoms with van der Waals surface area (Å²) >= 11 is 0. The summed E-state index contributed by atoms with van der Waals surface area (Å²) in [5, 5.41) is 6.02. The van der Waals surface area contributed by atoms with Crippen molar-refractivity contribution in [3.8, 4) is 0 Å². The monoisotopic (exact) mass is 253 g/mol. The highest BCUT2D eigenvalue weighted by atomic mass is 19.2. The average Bonchev–Trinajstić information content (AvgIpc) is 2.76. The van der Waals surface area contributed by atoms with E-state index < -0.39 is 23.2 Å². The largest absolute Gasteiger partial charge is 0.359 e. The Balaban J connectivity index is 2.06. The molecule has 0 saturated carbocycles. The van der Waals surface area contributed by atoms with Crippen LogP contribution in [-0.2, 0) is 6.54 Å². The third kappa shape index (κ3) is 2.50. The van der Waals surface area contributed by atoms with Crippen molar-refractivity contribution in [3.63, 3.8) is 0 Å². The lowest BCUT2D eigenvalue weighted by atomic mass is 10.2. The highest BCUT2D eigenvalue weighted by Crippen LogP contribution is 2.09. The van der Waals surface area contributed by atoms with E-state index in [2.05, 4.69) is 15.5 Å². The Kier molecular flexibility index (Phi) is 3.31. The van der Waals surface area contributed by atoms with Gasteiger partial charge in [-0.1, -0.05) is 5.16 Å². The Bertz CT molecular complexity index is 583. The molecule has 0 atom stereocenters. The second-order valence-corrected chi connectivity index (χ2v) is 3.58. The van der Waals surface area contributed by atoms with Crippen LogP contribution in [-0.4, -0.2) is 16.0 Å². The van der Waals surface area contributed by atoms with E-state index >= 15 is 0 Å². The van der Waals surface area contributed by atoms with Gasteiger partial charge in [-0.25, -0.2) is 9.37 Å². The van der Waals surface area contributed by atoms with Crippen LogP contribution in [0.2, 0.25) is 0 Å². The van der Waals surface area contributed by atoms with Crippen LogP contribution in [0.25, 0.3) is 0 Å². The van der Waals surface area contributed by atoms with Gasteiger partial charge in [0, 0.05) is 12.3 Å². The first-order valence-corrected chi connectivity index (χ1v) is 5.08. The second kappa shape index (κ2) is 4.91. The fraction of sp³-hybridized carbons (Fsp3) is 0.182. The number of nitrogens with one attached hydrogen (secondary N) is 1. The van der Waals surface area contributed by atoms with Crippen molar-refractivity contribution in [1.82, 2.24) is 15.5 Å². The molecule has 1 N–H and O–H groups in total. The molecule has 18 heavy (non-hydrogen) atoms. The number of nitrogens with zero attached hydrogens (tertiary/aromatic N) is 2. The maximum atomic E-state index is 13.2. The molecule has 2 aromatic heterocycles. The van der Waals surface area contributed by atoms with Crippen LogP contribution < -0.4 is 5.32 Å². The molecule has 5 nitrogen and oxygen atoms in total. The third-order valence-electron chi connectivity index (χ3n) is 2.19. The van der Waals surface area contributed by atoms with Crippen molar-refractivity contribution < 1.29 is 18.1 Å². The molecule has 2 heterocycles. The van der Waals surface area contributed by atoms with Crippen LogP contribution in [0.4, 0.5) is 8.78 Å². The molecule has 0 aromatic carbocycles. The number of amides is 1. The first-order chi connectivity index (χ1) is 8.58. The molecule has 0 aliphatic carbocycles. The summed E-state index contributed by atoms with van der Waals surface area (Å²) in [5.41, 5.74) is 0.263. The highest BCUT2D eigenvalue weighted by molar-refractivity contribution is 5.94. The molecule has 0 radical (unpaired) electrons. The van der Waals surface area contributed by atoms with Crippen molar-refractivity contribution in [2.45, 2.75) is 13.5 Å². The Morgan fingerprint density at radius 3 is 2.94 bits per heavy atom. The first-order valence-electron chi connectivity index (χ1n) is 5.08. The van der Waals surface area contributed by atoms with Crippen molar-refractivity contribution in [2.24, 2.45) is 0 Å². The predicted octanol–water partition coefficient (Wildman–Crippen LogP) is 1.59. The number of hydrogen-bond acceptors (Lipinski definition) is 4. The van der Waals surface area contributed by atoms with Gasteiger partial charge in [0.25, 0.3) is 5.91 Å². The number of aryl methyl sites for hydroxylation is 1. The second-order valence-electron chi connectivity index (χ2n) is 3.58. The maximum absolute atomic E-state index is 13.2. The number of aromatic nitrogens is 2. The van der Waals surface area contributed by atoms with Crippen LogP contribution >= 0.6 is 0 Å². The van der Waals surface area contributed by atoms with E-state index in [4.69, 9.17) is 4.52 Å². The number of carbonyl (C=O) groups excluding carboxylic acids is 1. The van der Waals surface area contributed by atoms with Crippen LogP contribution in [0.3, 0.4) is 0 Å². The van der Waals surface area contributed by atoms with Crippen LogP contribution in [0.15, 0.2) is 22.9 Å². The molecule has 7 heteroatoms. The van der Waals surface area contributed by atoms with E-state index in [0.717, 1.165) is 12.3 Å². The van der Waals surface area contributed by atoms with Gasteiger partial charge in [0.15, 0.2) is 11.6 Å². The van der Waals surface area contributed by atoms with Crippen molar-refractivity contribution in [3.05, 3.63) is 47.1 Å². The summed E-state index contributed by atoms with van der Waals surface area (Å²) in [4.78, 5) is 14.7. The fourth-order valence-electron chi connectivity index (χ4n) is 1.36. The lowest BCUT2D eigenvalue weighted by molar-refractivity contribution is 0.0941. The first kappa shape index (κ1) is 12.2. The minimum absolute atomic E-state index is 0.0447. The van der Waals surface area contributed by atoms with Crippen LogP contribution in [0.1, 0.15) is 21.8 Å². The standard InChI is InChI=1S/C11H9F2N3O2/c1-6-4-7(18-16-6)5-15-11(17)8-2-3-14-10(13)9(8)12/h2-4H,5H2,1H3,(H,15,17). The zero-order chi connectivity index (χ0) is 13.1. The molecule has 94 valence electrons. The van der Waals surface area contributed by atoms with Gasteiger partial charge in [0.2, 0.25) is 5.95 Å². The molecule has 0 fully saturated rings. The van der Waals surface area contributed by atoms with E-state index in [1.54, 1.807) is 13.0 Å². The molecule has 0 aliphatic heterocycles. The number of hydrogen-bond donors (Lipinski definition) is 1. The summed E-state index contributed by atoms with van der Waals surface area (Å²) in [5.74, 6) is -2.90. The van der Waals surface area contributed by atoms with E-state index in [0.29, 0.717) is 11.5 Å². The summed E-state index contributed by atoms with van der Waals surface area (Å²) < 4.78 is 30.9. The molecule has 2 aromatic rings. The average molecular weight is 253 g/mol. The van der Waals surface area contributed by atoms with Crippen molar-refractivity contribution >= 4 is 5.91 Å². The van der Waals surface area contributed by atoms with E-state index in [9.17, 15) is 13.6 Å². The summed E-state index contributed by atoms with van der Waals surface area (Å²) in [6.07, 6.45) is 1.02. The molecular weight excluding hydrogens is 244 g/mol. The summed E-state index contributed by atoms with van der Waals surface area (Å²) in [6, 6.07) is 2.73. The minimum Gasteiger partial charge on any atom is -0.359 e. The molecule has 0 spiro atoms. The molecule has 0 saturated heterocycles. The molecule has 2 rings (SSSR count). The number of carbonyl (C=O) groups is 1. The number of halogens is 2. The maximum Gasteiger partial charge on any atom is 0.254 e. The van der Waals surface area contributed by atoms with Gasteiger partial charge in [-0.3, -0.25) is 4.79 Å². The van der Waals surface area contributed by atoms with Gasteiger partial charge in [-0.05, 0) is 13.0 Å². The number of pyridine rings is 1. The quantitative estimate of drug-likeness (QED) is 0.843. The predicted molar refractivity (Wildman–Crippen MR) is 56.6 cm³/mol. The zero-order valence-electron chi connectivity index (χ0n) is 9.41.